The molecule has 4 aromatic rings. The maximum absolute atomic E-state index is 13.1. The lowest BCUT2D eigenvalue weighted by Crippen LogP contribution is -2.36. The number of alkyl halides is 3. The molecular formula is C27H21ClF3N5O3. The minimum atomic E-state index is -4.66. The van der Waals surface area contributed by atoms with Crippen LogP contribution >= 0.6 is 11.6 Å². The number of nitrogens with one attached hydrogen (secondary N) is 2. The first kappa shape index (κ1) is 26.4. The van der Waals surface area contributed by atoms with Gasteiger partial charge in [0.15, 0.2) is 5.78 Å². The Bertz CT molecular complexity index is 1540. The maximum Gasteiger partial charge on any atom is 0.417 e. The first-order valence-corrected chi connectivity index (χ1v) is 12.2. The van der Waals surface area contributed by atoms with E-state index >= 15 is 0 Å². The molecule has 2 amide bonds. The summed E-state index contributed by atoms with van der Waals surface area (Å²) >= 11 is 5.61. The Morgan fingerprint density at radius 1 is 0.872 bits per heavy atom. The number of amides is 2. The minimum Gasteiger partial charge on any atom is -0.378 e. The number of rotatable bonds is 5. The van der Waals surface area contributed by atoms with Crippen LogP contribution in [0.3, 0.4) is 0 Å². The molecule has 1 aliphatic heterocycles. The first-order valence-electron chi connectivity index (χ1n) is 11.9. The number of hydrogen-bond donors (Lipinski definition) is 2. The number of hydrogen-bond acceptors (Lipinski definition) is 6. The highest BCUT2D eigenvalue weighted by Crippen LogP contribution is 2.36. The number of ether oxygens (including phenoxy) is 1. The zero-order valence-electron chi connectivity index (χ0n) is 20.3. The third-order valence-electron chi connectivity index (χ3n) is 6.06. The monoisotopic (exact) mass is 555 g/mol. The van der Waals surface area contributed by atoms with Crippen molar-refractivity contribution < 1.29 is 27.5 Å². The molecule has 1 saturated heterocycles. The summed E-state index contributed by atoms with van der Waals surface area (Å²) in [6.07, 6.45) is -2.95. The van der Waals surface area contributed by atoms with Gasteiger partial charge in [0, 0.05) is 35.6 Å². The molecule has 0 spiro atoms. The molecule has 0 aliphatic carbocycles. The third-order valence-corrected chi connectivity index (χ3v) is 6.39. The number of anilines is 3. The Balaban J connectivity index is 1.26. The van der Waals surface area contributed by atoms with Crippen LogP contribution in [0.25, 0.3) is 11.0 Å². The molecule has 0 unspecified atom stereocenters. The van der Waals surface area contributed by atoms with Crippen LogP contribution in [-0.2, 0) is 10.9 Å². The van der Waals surface area contributed by atoms with Gasteiger partial charge < -0.3 is 20.3 Å². The van der Waals surface area contributed by atoms with Gasteiger partial charge >= 0.3 is 12.2 Å². The fourth-order valence-corrected chi connectivity index (χ4v) is 4.30. The van der Waals surface area contributed by atoms with Crippen LogP contribution in [0.1, 0.15) is 21.5 Å². The molecule has 0 saturated carbocycles. The van der Waals surface area contributed by atoms with Gasteiger partial charge in [-0.1, -0.05) is 11.6 Å². The lowest BCUT2D eigenvalue weighted by molar-refractivity contribution is -0.137. The van der Waals surface area contributed by atoms with Crippen molar-refractivity contribution in [3.05, 3.63) is 88.6 Å². The molecule has 5 rings (SSSR count). The van der Waals surface area contributed by atoms with E-state index < -0.39 is 22.8 Å². The van der Waals surface area contributed by atoms with Crippen molar-refractivity contribution >= 4 is 51.6 Å². The topological polar surface area (TPSA) is 96.5 Å². The summed E-state index contributed by atoms with van der Waals surface area (Å²) in [6.45, 7) is 2.66. The van der Waals surface area contributed by atoms with Crippen molar-refractivity contribution in [3.8, 4) is 0 Å². The van der Waals surface area contributed by atoms with Crippen LogP contribution in [0.2, 0.25) is 5.02 Å². The highest BCUT2D eigenvalue weighted by Gasteiger charge is 2.33. The smallest absolute Gasteiger partial charge is 0.378 e. The van der Waals surface area contributed by atoms with E-state index in [0.717, 1.165) is 18.0 Å². The molecule has 0 bridgehead atoms. The van der Waals surface area contributed by atoms with E-state index in [2.05, 4.69) is 25.5 Å². The predicted molar refractivity (Wildman–Crippen MR) is 142 cm³/mol. The Kier molecular flexibility index (Phi) is 7.36. The van der Waals surface area contributed by atoms with Crippen LogP contribution in [0.5, 0.6) is 0 Å². The van der Waals surface area contributed by atoms with Crippen molar-refractivity contribution in [2.75, 3.05) is 41.8 Å². The Morgan fingerprint density at radius 3 is 2.26 bits per heavy atom. The van der Waals surface area contributed by atoms with E-state index in [-0.39, 0.29) is 11.5 Å². The van der Waals surface area contributed by atoms with Crippen LogP contribution in [0, 0.1) is 0 Å². The molecular weight excluding hydrogens is 535 g/mol. The van der Waals surface area contributed by atoms with Gasteiger partial charge in [-0.3, -0.25) is 9.78 Å². The lowest BCUT2D eigenvalue weighted by atomic mass is 10.0. The quantitative estimate of drug-likeness (QED) is 0.293. The summed E-state index contributed by atoms with van der Waals surface area (Å²) in [7, 11) is 0. The molecule has 39 heavy (non-hydrogen) atoms. The number of halogens is 4. The zero-order valence-corrected chi connectivity index (χ0v) is 21.0. The average Bonchev–Trinajstić information content (AvgIpc) is 2.93. The van der Waals surface area contributed by atoms with E-state index in [1.54, 1.807) is 36.5 Å². The number of ketones is 1. The first-order chi connectivity index (χ1) is 18.7. The standard InChI is InChI=1S/C27H21ClF3N5O3/c28-21-7-6-19(14-20(21)27(29,30)31)34-26(38)33-18-4-1-16(2-5-18)25(37)17-3-8-22-23(13-17)35-24(15-32-22)36-9-11-39-12-10-36/h1-8,13-15H,9-12H2,(H2,33,34,38). The van der Waals surface area contributed by atoms with Crippen molar-refractivity contribution in [2.24, 2.45) is 0 Å². The van der Waals surface area contributed by atoms with Crippen LogP contribution in [-0.4, -0.2) is 48.1 Å². The second-order valence-electron chi connectivity index (χ2n) is 8.71. The molecule has 1 aliphatic rings. The van der Waals surface area contributed by atoms with Crippen molar-refractivity contribution in [2.45, 2.75) is 6.18 Å². The number of fused-ring (bicyclic) bond motifs is 1. The maximum atomic E-state index is 13.1. The van der Waals surface area contributed by atoms with Gasteiger partial charge in [-0.05, 0) is 60.7 Å². The largest absolute Gasteiger partial charge is 0.417 e. The number of carbonyl (C=O) groups excluding carboxylic acids is 2. The molecule has 0 radical (unpaired) electrons. The fourth-order valence-electron chi connectivity index (χ4n) is 4.07. The number of nitrogens with zero attached hydrogens (tertiary/aromatic N) is 3. The number of benzene rings is 3. The molecule has 2 heterocycles. The fraction of sp³-hybridized carbons (Fsp3) is 0.185. The summed E-state index contributed by atoms with van der Waals surface area (Å²) in [5.41, 5.74) is 1.28. The summed E-state index contributed by atoms with van der Waals surface area (Å²) in [4.78, 5) is 36.6. The van der Waals surface area contributed by atoms with Crippen molar-refractivity contribution in [3.63, 3.8) is 0 Å². The molecule has 12 heteroatoms. The lowest BCUT2D eigenvalue weighted by Gasteiger charge is -2.27. The second-order valence-corrected chi connectivity index (χ2v) is 9.12. The van der Waals surface area contributed by atoms with Crippen molar-refractivity contribution in [1.82, 2.24) is 9.97 Å². The third kappa shape index (κ3) is 6.10. The van der Waals surface area contributed by atoms with Gasteiger partial charge in [0.1, 0.15) is 5.82 Å². The predicted octanol–water partition coefficient (Wildman–Crippen LogP) is 6.01. The molecule has 0 atom stereocenters. The van der Waals surface area contributed by atoms with Gasteiger partial charge in [0.2, 0.25) is 0 Å². The van der Waals surface area contributed by atoms with E-state index in [9.17, 15) is 22.8 Å². The molecule has 1 fully saturated rings. The van der Waals surface area contributed by atoms with Gasteiger partial charge in [-0.15, -0.1) is 0 Å². The summed E-state index contributed by atoms with van der Waals surface area (Å²) in [5, 5.41) is 4.40. The molecule has 3 aromatic carbocycles. The number of carbonyl (C=O) groups is 2. The van der Waals surface area contributed by atoms with Gasteiger partial charge in [-0.25, -0.2) is 9.78 Å². The zero-order chi connectivity index (χ0) is 27.6. The number of urea groups is 1. The summed E-state index contributed by atoms with van der Waals surface area (Å²) in [6, 6.07) is 13.5. The van der Waals surface area contributed by atoms with Gasteiger partial charge in [0.25, 0.3) is 0 Å². The van der Waals surface area contributed by atoms with Gasteiger partial charge in [0.05, 0.1) is 41.0 Å². The number of morpholine rings is 1. The Morgan fingerprint density at radius 2 is 1.54 bits per heavy atom. The molecule has 1 aromatic heterocycles. The SMILES string of the molecule is O=C(Nc1ccc(C(=O)c2ccc3ncc(N4CCOCC4)nc3c2)cc1)Nc1ccc(Cl)c(C(F)(F)F)c1. The second kappa shape index (κ2) is 10.9. The minimum absolute atomic E-state index is 0.0767. The molecule has 8 nitrogen and oxygen atoms in total. The highest BCUT2D eigenvalue weighted by molar-refractivity contribution is 6.31. The van der Waals surface area contributed by atoms with Crippen LogP contribution in [0.4, 0.5) is 35.2 Å². The molecule has 2 N–H and O–H groups in total. The van der Waals surface area contributed by atoms with E-state index in [1.165, 1.54) is 18.2 Å². The Labute approximate surface area is 225 Å². The normalized spacial score (nSPS) is 13.8. The van der Waals surface area contributed by atoms with Crippen LogP contribution in [0.15, 0.2) is 66.9 Å². The van der Waals surface area contributed by atoms with E-state index in [0.29, 0.717) is 54.2 Å². The van der Waals surface area contributed by atoms with E-state index in [4.69, 9.17) is 16.3 Å². The van der Waals surface area contributed by atoms with E-state index in [1.807, 2.05) is 0 Å². The number of aromatic nitrogens is 2. The van der Waals surface area contributed by atoms with Crippen LogP contribution < -0.4 is 15.5 Å². The van der Waals surface area contributed by atoms with Crippen molar-refractivity contribution in [1.29, 1.82) is 0 Å². The Hall–Kier alpha value is -4.22. The summed E-state index contributed by atoms with van der Waals surface area (Å²) in [5.74, 6) is 0.477. The van der Waals surface area contributed by atoms with Gasteiger partial charge in [-0.2, -0.15) is 13.2 Å². The highest BCUT2D eigenvalue weighted by atomic mass is 35.5. The average molecular weight is 556 g/mol. The molecule has 200 valence electrons. The summed E-state index contributed by atoms with van der Waals surface area (Å²) < 4.78 is 44.6.